The van der Waals surface area contributed by atoms with Crippen LogP contribution in [-0.2, 0) is 13.1 Å². The molecule has 1 aromatic carbocycles. The molecule has 2 atom stereocenters. The van der Waals surface area contributed by atoms with Gasteiger partial charge >= 0.3 is 0 Å². The second kappa shape index (κ2) is 7.81. The van der Waals surface area contributed by atoms with Crippen LogP contribution in [0, 0.1) is 5.92 Å². The Balaban J connectivity index is 1.44. The molecule has 3 aromatic rings. The van der Waals surface area contributed by atoms with Crippen LogP contribution in [0.4, 0.5) is 0 Å². The van der Waals surface area contributed by atoms with E-state index in [-0.39, 0.29) is 17.4 Å². The number of piperidine rings is 1. The normalized spacial score (nSPS) is 20.0. The number of para-hydroxylation sites is 1. The molecule has 160 valence electrons. The Kier molecular flexibility index (Phi) is 4.98. The average Bonchev–Trinajstić information content (AvgIpc) is 3.30. The Morgan fingerprint density at radius 2 is 1.94 bits per heavy atom. The molecule has 4 heterocycles. The van der Waals surface area contributed by atoms with Gasteiger partial charge in [-0.05, 0) is 50.7 Å². The van der Waals surface area contributed by atoms with Crippen molar-refractivity contribution in [2.24, 2.45) is 5.92 Å². The van der Waals surface area contributed by atoms with Crippen LogP contribution in [0.25, 0.3) is 5.69 Å². The summed E-state index contributed by atoms with van der Waals surface area (Å²) in [6, 6.07) is 13.5. The van der Waals surface area contributed by atoms with Gasteiger partial charge in [-0.2, -0.15) is 5.10 Å². The first-order chi connectivity index (χ1) is 15.0. The molecule has 1 saturated heterocycles. The van der Waals surface area contributed by atoms with E-state index in [1.807, 2.05) is 71.1 Å². The number of nitrogens with zero attached hydrogens (tertiary/aromatic N) is 5. The zero-order valence-electron chi connectivity index (χ0n) is 17.9. The van der Waals surface area contributed by atoms with Crippen LogP contribution in [0.5, 0.6) is 0 Å². The number of amides is 1. The van der Waals surface area contributed by atoms with Gasteiger partial charge < -0.3 is 14.4 Å². The van der Waals surface area contributed by atoms with Gasteiger partial charge in [0, 0.05) is 55.7 Å². The van der Waals surface area contributed by atoms with Crippen LogP contribution in [0.3, 0.4) is 0 Å². The van der Waals surface area contributed by atoms with Crippen LogP contribution in [0.1, 0.15) is 34.0 Å². The smallest absolute Gasteiger partial charge is 0.256 e. The summed E-state index contributed by atoms with van der Waals surface area (Å²) in [6.07, 6.45) is 4.59. The van der Waals surface area contributed by atoms with E-state index in [9.17, 15) is 9.59 Å². The van der Waals surface area contributed by atoms with E-state index < -0.39 is 0 Å². The highest BCUT2D eigenvalue weighted by atomic mass is 16.2. The molecule has 2 aromatic heterocycles. The molecule has 1 amide bonds. The number of aromatic nitrogens is 3. The standard InChI is InChI=1S/C24H27N5O2/c1-26(2)15-18-8-9-21-19-12-17(14-28(21)23(18)30)13-27(16-19)24(31)20-6-3-4-7-22(20)29-11-5-10-25-29/h3-11,17,19H,12-16H2,1-2H3/t17-,19+/m0/s1. The summed E-state index contributed by atoms with van der Waals surface area (Å²) in [6.45, 7) is 2.63. The number of hydrogen-bond acceptors (Lipinski definition) is 4. The zero-order chi connectivity index (χ0) is 21.5. The van der Waals surface area contributed by atoms with Gasteiger partial charge in [0.25, 0.3) is 11.5 Å². The molecule has 7 heteroatoms. The van der Waals surface area contributed by atoms with E-state index in [1.165, 1.54) is 0 Å². The monoisotopic (exact) mass is 417 g/mol. The number of hydrogen-bond donors (Lipinski definition) is 0. The fourth-order valence-corrected chi connectivity index (χ4v) is 5.05. The number of likely N-dealkylation sites (tertiary alicyclic amines) is 1. The molecule has 0 radical (unpaired) electrons. The van der Waals surface area contributed by atoms with E-state index >= 15 is 0 Å². The highest BCUT2D eigenvalue weighted by Crippen LogP contribution is 2.36. The third-order valence-electron chi connectivity index (χ3n) is 6.34. The van der Waals surface area contributed by atoms with Gasteiger partial charge in [0.2, 0.25) is 0 Å². The summed E-state index contributed by atoms with van der Waals surface area (Å²) in [4.78, 5) is 30.5. The minimum Gasteiger partial charge on any atom is -0.338 e. The molecule has 2 bridgehead atoms. The SMILES string of the molecule is CN(C)Cc1ccc2n(c1=O)C[C@H]1C[C@@H]2CN(C(=O)c2ccccc2-n2cccn2)C1. The Morgan fingerprint density at radius 1 is 1.10 bits per heavy atom. The number of carbonyl (C=O) groups excluding carboxylic acids is 1. The van der Waals surface area contributed by atoms with Crippen molar-refractivity contribution >= 4 is 5.91 Å². The molecule has 31 heavy (non-hydrogen) atoms. The fourth-order valence-electron chi connectivity index (χ4n) is 5.05. The van der Waals surface area contributed by atoms with E-state index in [1.54, 1.807) is 10.9 Å². The number of carbonyl (C=O) groups is 1. The Labute approximate surface area is 181 Å². The Hall–Kier alpha value is -3.19. The second-order valence-electron chi connectivity index (χ2n) is 8.91. The molecule has 0 unspecified atom stereocenters. The van der Waals surface area contributed by atoms with Crippen LogP contribution in [0.15, 0.2) is 59.7 Å². The molecule has 1 fully saturated rings. The van der Waals surface area contributed by atoms with Gasteiger partial charge in [0.15, 0.2) is 0 Å². The maximum absolute atomic E-state index is 13.5. The molecule has 7 nitrogen and oxygen atoms in total. The molecule has 0 aliphatic carbocycles. The first-order valence-electron chi connectivity index (χ1n) is 10.8. The van der Waals surface area contributed by atoms with Gasteiger partial charge in [-0.3, -0.25) is 9.59 Å². The Bertz CT molecular complexity index is 1160. The molecule has 2 aliphatic heterocycles. The fraction of sp³-hybridized carbons (Fsp3) is 0.375. The molecule has 0 saturated carbocycles. The van der Waals surface area contributed by atoms with Gasteiger partial charge in [0.1, 0.15) is 0 Å². The summed E-state index contributed by atoms with van der Waals surface area (Å²) in [7, 11) is 3.95. The predicted octanol–water partition coefficient (Wildman–Crippen LogP) is 2.36. The minimum atomic E-state index is 0.0285. The molecule has 2 aliphatic rings. The van der Waals surface area contributed by atoms with Crippen LogP contribution < -0.4 is 5.56 Å². The molecular formula is C24H27N5O2. The summed E-state index contributed by atoms with van der Waals surface area (Å²) < 4.78 is 3.69. The van der Waals surface area contributed by atoms with Gasteiger partial charge in [-0.15, -0.1) is 0 Å². The molecule has 5 rings (SSSR count). The first kappa shape index (κ1) is 19.8. The average molecular weight is 418 g/mol. The zero-order valence-corrected chi connectivity index (χ0v) is 17.9. The highest BCUT2D eigenvalue weighted by molar-refractivity contribution is 5.97. The molecular weight excluding hydrogens is 390 g/mol. The van der Waals surface area contributed by atoms with Crippen molar-refractivity contribution in [3.63, 3.8) is 0 Å². The quantitative estimate of drug-likeness (QED) is 0.654. The van der Waals surface area contributed by atoms with Crippen molar-refractivity contribution in [3.8, 4) is 5.69 Å². The largest absolute Gasteiger partial charge is 0.338 e. The summed E-state index contributed by atoms with van der Waals surface area (Å²) in [5.74, 6) is 0.509. The van der Waals surface area contributed by atoms with E-state index in [0.29, 0.717) is 37.7 Å². The first-order valence-corrected chi connectivity index (χ1v) is 10.8. The number of benzene rings is 1. The summed E-state index contributed by atoms with van der Waals surface area (Å²) in [5, 5.41) is 4.30. The van der Waals surface area contributed by atoms with Crippen LogP contribution in [-0.4, -0.2) is 57.2 Å². The highest BCUT2D eigenvalue weighted by Gasteiger charge is 2.37. The van der Waals surface area contributed by atoms with Crippen molar-refractivity contribution in [2.75, 3.05) is 27.2 Å². The molecule has 0 spiro atoms. The van der Waals surface area contributed by atoms with E-state index in [4.69, 9.17) is 0 Å². The number of fused-ring (bicyclic) bond motifs is 4. The van der Waals surface area contributed by atoms with Crippen molar-refractivity contribution in [1.29, 1.82) is 0 Å². The number of pyridine rings is 1. The van der Waals surface area contributed by atoms with Crippen molar-refractivity contribution in [1.82, 2.24) is 24.1 Å². The van der Waals surface area contributed by atoms with E-state index in [0.717, 1.165) is 23.4 Å². The molecule has 0 N–H and O–H groups in total. The lowest BCUT2D eigenvalue weighted by molar-refractivity contribution is 0.0594. The topological polar surface area (TPSA) is 63.4 Å². The van der Waals surface area contributed by atoms with Gasteiger partial charge in [-0.25, -0.2) is 4.68 Å². The van der Waals surface area contributed by atoms with Gasteiger partial charge in [0.05, 0.1) is 11.3 Å². The summed E-state index contributed by atoms with van der Waals surface area (Å²) in [5.41, 5.74) is 3.45. The summed E-state index contributed by atoms with van der Waals surface area (Å²) >= 11 is 0. The lowest BCUT2D eigenvalue weighted by Crippen LogP contribution is -2.49. The maximum atomic E-state index is 13.5. The Morgan fingerprint density at radius 3 is 2.71 bits per heavy atom. The number of rotatable bonds is 4. The minimum absolute atomic E-state index is 0.0285. The predicted molar refractivity (Wildman–Crippen MR) is 118 cm³/mol. The van der Waals surface area contributed by atoms with Crippen molar-refractivity contribution < 1.29 is 4.79 Å². The van der Waals surface area contributed by atoms with E-state index in [2.05, 4.69) is 11.2 Å². The van der Waals surface area contributed by atoms with Crippen LogP contribution in [0.2, 0.25) is 0 Å². The third kappa shape index (κ3) is 3.59. The third-order valence-corrected chi connectivity index (χ3v) is 6.34. The lowest BCUT2D eigenvalue weighted by atomic mass is 9.82. The van der Waals surface area contributed by atoms with Crippen molar-refractivity contribution in [3.05, 3.63) is 82.0 Å². The second-order valence-corrected chi connectivity index (χ2v) is 8.91. The lowest BCUT2D eigenvalue weighted by Gasteiger charge is -2.43. The van der Waals surface area contributed by atoms with Crippen LogP contribution >= 0.6 is 0 Å². The van der Waals surface area contributed by atoms with Gasteiger partial charge in [-0.1, -0.05) is 18.2 Å². The van der Waals surface area contributed by atoms with Crippen molar-refractivity contribution in [2.45, 2.75) is 25.4 Å². The maximum Gasteiger partial charge on any atom is 0.256 e.